The number of nitrogens with one attached hydrogen (secondary N) is 1. The molecule has 0 saturated carbocycles. The Morgan fingerprint density at radius 3 is 2.30 bits per heavy atom. The highest BCUT2D eigenvalue weighted by atomic mass is 16.2. The van der Waals surface area contributed by atoms with Crippen molar-refractivity contribution in [2.24, 2.45) is 0 Å². The van der Waals surface area contributed by atoms with Gasteiger partial charge < -0.3 is 10.2 Å². The number of likely N-dealkylation sites (tertiary alicyclic amines) is 2. The Morgan fingerprint density at radius 1 is 0.925 bits per heavy atom. The maximum absolute atomic E-state index is 14.1. The SMILES string of the molecule is CC(NC(=O)c1c(CN2CCC(N3CCCC3=O)CC2)c(-c2ccccc2)nc2ccccc12)c1ccccc1. The number of piperidine rings is 1. The molecule has 1 N–H and O–H groups in total. The summed E-state index contributed by atoms with van der Waals surface area (Å²) in [6.45, 7) is 5.32. The van der Waals surface area contributed by atoms with Crippen LogP contribution in [-0.4, -0.2) is 52.3 Å². The Morgan fingerprint density at radius 2 is 1.60 bits per heavy atom. The third-order valence-electron chi connectivity index (χ3n) is 8.40. The van der Waals surface area contributed by atoms with Gasteiger partial charge in [0.05, 0.1) is 22.8 Å². The Labute approximate surface area is 236 Å². The maximum Gasteiger partial charge on any atom is 0.252 e. The van der Waals surface area contributed by atoms with Crippen LogP contribution >= 0.6 is 0 Å². The van der Waals surface area contributed by atoms with E-state index >= 15 is 0 Å². The van der Waals surface area contributed by atoms with Gasteiger partial charge in [0, 0.05) is 55.2 Å². The smallest absolute Gasteiger partial charge is 0.252 e. The van der Waals surface area contributed by atoms with Gasteiger partial charge in [-0.3, -0.25) is 14.5 Å². The maximum atomic E-state index is 14.1. The number of carbonyl (C=O) groups excluding carboxylic acids is 2. The van der Waals surface area contributed by atoms with Crippen LogP contribution in [0.4, 0.5) is 0 Å². The van der Waals surface area contributed by atoms with Crippen molar-refractivity contribution in [3.8, 4) is 11.3 Å². The van der Waals surface area contributed by atoms with E-state index in [0.717, 1.165) is 72.2 Å². The summed E-state index contributed by atoms with van der Waals surface area (Å²) >= 11 is 0. The number of aromatic nitrogens is 1. The number of para-hydroxylation sites is 1. The van der Waals surface area contributed by atoms with Gasteiger partial charge in [0.1, 0.15) is 0 Å². The molecular formula is C34H36N4O2. The van der Waals surface area contributed by atoms with E-state index in [2.05, 4.69) is 27.2 Å². The monoisotopic (exact) mass is 532 g/mol. The molecule has 2 saturated heterocycles. The van der Waals surface area contributed by atoms with Gasteiger partial charge in [0.2, 0.25) is 5.91 Å². The summed E-state index contributed by atoms with van der Waals surface area (Å²) in [5, 5.41) is 4.15. The molecule has 6 rings (SSSR count). The molecule has 6 nitrogen and oxygen atoms in total. The summed E-state index contributed by atoms with van der Waals surface area (Å²) in [5.41, 5.74) is 5.40. The molecule has 0 aliphatic carbocycles. The highest BCUT2D eigenvalue weighted by Crippen LogP contribution is 2.33. The van der Waals surface area contributed by atoms with Crippen LogP contribution in [0, 0.1) is 0 Å². The van der Waals surface area contributed by atoms with Crippen LogP contribution < -0.4 is 5.32 Å². The minimum absolute atomic E-state index is 0.0836. The molecule has 0 bridgehead atoms. The van der Waals surface area contributed by atoms with Crippen LogP contribution in [0.25, 0.3) is 22.2 Å². The van der Waals surface area contributed by atoms with Crippen LogP contribution in [-0.2, 0) is 11.3 Å². The highest BCUT2D eigenvalue weighted by Gasteiger charge is 2.32. The zero-order valence-electron chi connectivity index (χ0n) is 23.1. The standard InChI is InChI=1S/C34H36N4O2/c1-24(25-11-4-2-5-12-25)35-34(40)32-28-15-8-9-16-30(28)36-33(26-13-6-3-7-14-26)29(32)23-37-21-18-27(19-22-37)38-20-10-17-31(38)39/h2-9,11-16,24,27H,10,17-23H2,1H3,(H,35,40). The van der Waals surface area contributed by atoms with Gasteiger partial charge in [0.25, 0.3) is 5.91 Å². The van der Waals surface area contributed by atoms with E-state index < -0.39 is 0 Å². The van der Waals surface area contributed by atoms with Crippen molar-refractivity contribution in [2.75, 3.05) is 19.6 Å². The van der Waals surface area contributed by atoms with Gasteiger partial charge in [-0.05, 0) is 37.8 Å². The predicted octanol–water partition coefficient (Wildman–Crippen LogP) is 5.98. The highest BCUT2D eigenvalue weighted by molar-refractivity contribution is 6.09. The van der Waals surface area contributed by atoms with Crippen LogP contribution in [0.1, 0.15) is 60.1 Å². The fourth-order valence-electron chi connectivity index (χ4n) is 6.26. The van der Waals surface area contributed by atoms with Gasteiger partial charge in [-0.1, -0.05) is 78.9 Å². The van der Waals surface area contributed by atoms with Crippen LogP contribution in [0.2, 0.25) is 0 Å². The third kappa shape index (κ3) is 5.36. The first kappa shape index (κ1) is 26.2. The van der Waals surface area contributed by atoms with Crippen molar-refractivity contribution in [3.63, 3.8) is 0 Å². The van der Waals surface area contributed by atoms with E-state index in [0.29, 0.717) is 30.5 Å². The second-order valence-electron chi connectivity index (χ2n) is 11.0. The van der Waals surface area contributed by atoms with E-state index in [1.54, 1.807) is 0 Å². The van der Waals surface area contributed by atoms with Gasteiger partial charge >= 0.3 is 0 Å². The summed E-state index contributed by atoms with van der Waals surface area (Å²) in [6.07, 6.45) is 3.57. The van der Waals surface area contributed by atoms with E-state index in [4.69, 9.17) is 4.98 Å². The first-order valence-corrected chi connectivity index (χ1v) is 14.4. The summed E-state index contributed by atoms with van der Waals surface area (Å²) in [4.78, 5) is 36.1. The molecule has 1 unspecified atom stereocenters. The first-order chi connectivity index (χ1) is 19.6. The van der Waals surface area contributed by atoms with E-state index in [1.807, 2.05) is 79.7 Å². The predicted molar refractivity (Wildman–Crippen MR) is 159 cm³/mol. The Balaban J connectivity index is 1.37. The molecule has 2 amide bonds. The van der Waals surface area contributed by atoms with E-state index in [9.17, 15) is 9.59 Å². The molecule has 2 aliphatic heterocycles. The molecular weight excluding hydrogens is 496 g/mol. The molecule has 6 heteroatoms. The van der Waals surface area contributed by atoms with E-state index in [-0.39, 0.29) is 11.9 Å². The zero-order valence-corrected chi connectivity index (χ0v) is 23.1. The number of benzene rings is 3. The molecule has 2 fully saturated rings. The minimum atomic E-state index is -0.137. The Kier molecular flexibility index (Phi) is 7.60. The molecule has 3 heterocycles. The molecule has 0 spiro atoms. The van der Waals surface area contributed by atoms with Crippen molar-refractivity contribution < 1.29 is 9.59 Å². The minimum Gasteiger partial charge on any atom is -0.345 e. The average Bonchev–Trinajstić information content (AvgIpc) is 3.43. The lowest BCUT2D eigenvalue weighted by Crippen LogP contribution is -2.45. The lowest BCUT2D eigenvalue weighted by molar-refractivity contribution is -0.130. The molecule has 3 aromatic carbocycles. The first-order valence-electron chi connectivity index (χ1n) is 14.4. The number of carbonyl (C=O) groups is 2. The molecule has 1 aromatic heterocycles. The lowest BCUT2D eigenvalue weighted by Gasteiger charge is -2.37. The number of hydrogen-bond donors (Lipinski definition) is 1. The van der Waals surface area contributed by atoms with Crippen molar-refractivity contribution >= 4 is 22.7 Å². The second kappa shape index (κ2) is 11.6. The van der Waals surface area contributed by atoms with Gasteiger partial charge in [0.15, 0.2) is 0 Å². The largest absolute Gasteiger partial charge is 0.345 e. The van der Waals surface area contributed by atoms with E-state index in [1.165, 1.54) is 0 Å². The average molecular weight is 533 g/mol. The fraction of sp³-hybridized carbons (Fsp3) is 0.324. The summed E-state index contributed by atoms with van der Waals surface area (Å²) in [7, 11) is 0. The Bertz CT molecular complexity index is 1500. The van der Waals surface area contributed by atoms with Gasteiger partial charge in [-0.15, -0.1) is 0 Å². The molecule has 4 aromatic rings. The van der Waals surface area contributed by atoms with Crippen LogP contribution in [0.15, 0.2) is 84.9 Å². The summed E-state index contributed by atoms with van der Waals surface area (Å²) in [5.74, 6) is 0.217. The van der Waals surface area contributed by atoms with Crippen molar-refractivity contribution in [2.45, 2.75) is 51.2 Å². The normalized spacial score (nSPS) is 17.3. The van der Waals surface area contributed by atoms with Gasteiger partial charge in [-0.2, -0.15) is 0 Å². The molecule has 0 radical (unpaired) electrons. The van der Waals surface area contributed by atoms with Crippen LogP contribution in [0.3, 0.4) is 0 Å². The number of hydrogen-bond acceptors (Lipinski definition) is 4. The number of pyridine rings is 1. The number of rotatable bonds is 7. The zero-order chi connectivity index (χ0) is 27.5. The quantitative estimate of drug-likeness (QED) is 0.318. The third-order valence-corrected chi connectivity index (χ3v) is 8.40. The summed E-state index contributed by atoms with van der Waals surface area (Å²) in [6, 6.07) is 28.4. The Hall–Kier alpha value is -4.03. The number of amides is 2. The number of fused-ring (bicyclic) bond motifs is 1. The lowest BCUT2D eigenvalue weighted by atomic mass is 9.94. The topological polar surface area (TPSA) is 65.5 Å². The van der Waals surface area contributed by atoms with Crippen molar-refractivity contribution in [3.05, 3.63) is 102 Å². The summed E-state index contributed by atoms with van der Waals surface area (Å²) < 4.78 is 0. The van der Waals surface area contributed by atoms with Crippen molar-refractivity contribution in [1.82, 2.24) is 20.1 Å². The molecule has 40 heavy (non-hydrogen) atoms. The number of nitrogens with zero attached hydrogens (tertiary/aromatic N) is 3. The molecule has 204 valence electrons. The van der Waals surface area contributed by atoms with Gasteiger partial charge in [-0.25, -0.2) is 4.98 Å². The molecule has 2 aliphatic rings. The van der Waals surface area contributed by atoms with Crippen molar-refractivity contribution in [1.29, 1.82) is 0 Å². The second-order valence-corrected chi connectivity index (χ2v) is 11.0. The van der Waals surface area contributed by atoms with Crippen LogP contribution in [0.5, 0.6) is 0 Å². The fourth-order valence-corrected chi connectivity index (χ4v) is 6.26. The molecule has 1 atom stereocenters.